The second kappa shape index (κ2) is 6.52. The van der Waals surface area contributed by atoms with Crippen molar-refractivity contribution in [1.82, 2.24) is 15.1 Å². The predicted octanol–water partition coefficient (Wildman–Crippen LogP) is 3.46. The smallest absolute Gasteiger partial charge is 0.222 e. The zero-order chi connectivity index (χ0) is 15.5. The normalized spacial score (nSPS) is 18.5. The molecule has 22 heavy (non-hydrogen) atoms. The molecule has 0 saturated carbocycles. The summed E-state index contributed by atoms with van der Waals surface area (Å²) in [6, 6.07) is 6.60. The van der Waals surface area contributed by atoms with Gasteiger partial charge >= 0.3 is 0 Å². The van der Waals surface area contributed by atoms with Crippen LogP contribution in [0.2, 0.25) is 0 Å². The van der Waals surface area contributed by atoms with E-state index in [0.29, 0.717) is 23.5 Å². The molecular formula is C16H18FN3OS. The van der Waals surface area contributed by atoms with E-state index in [0.717, 1.165) is 24.4 Å². The first-order valence-corrected chi connectivity index (χ1v) is 8.36. The van der Waals surface area contributed by atoms with E-state index in [9.17, 15) is 9.18 Å². The molecule has 1 atom stereocenters. The molecule has 1 saturated heterocycles. The van der Waals surface area contributed by atoms with Crippen LogP contribution in [0.5, 0.6) is 0 Å². The summed E-state index contributed by atoms with van der Waals surface area (Å²) in [6.07, 6.45) is 2.51. The number of carbonyl (C=O) groups is 1. The van der Waals surface area contributed by atoms with Gasteiger partial charge in [-0.2, -0.15) is 0 Å². The van der Waals surface area contributed by atoms with E-state index in [-0.39, 0.29) is 17.6 Å². The highest BCUT2D eigenvalue weighted by Crippen LogP contribution is 2.33. The molecule has 1 aromatic carbocycles. The number of hydrogen-bond acceptors (Lipinski definition) is 4. The van der Waals surface area contributed by atoms with Gasteiger partial charge in [0.05, 0.1) is 0 Å². The van der Waals surface area contributed by atoms with Crippen molar-refractivity contribution in [2.75, 3.05) is 13.1 Å². The first-order chi connectivity index (χ1) is 10.7. The lowest BCUT2D eigenvalue weighted by atomic mass is 9.98. The van der Waals surface area contributed by atoms with Crippen molar-refractivity contribution >= 4 is 17.2 Å². The number of amides is 1. The Balaban J connectivity index is 1.79. The van der Waals surface area contributed by atoms with Crippen LogP contribution in [-0.4, -0.2) is 34.1 Å². The average Bonchev–Trinajstić information content (AvgIpc) is 3.04. The summed E-state index contributed by atoms with van der Waals surface area (Å²) < 4.78 is 13.8. The van der Waals surface area contributed by atoms with Crippen molar-refractivity contribution in [1.29, 1.82) is 0 Å². The van der Waals surface area contributed by atoms with Crippen LogP contribution in [0.4, 0.5) is 4.39 Å². The molecule has 1 aliphatic rings. The van der Waals surface area contributed by atoms with Crippen molar-refractivity contribution in [2.45, 2.75) is 32.1 Å². The molecule has 1 aromatic heterocycles. The number of benzene rings is 1. The van der Waals surface area contributed by atoms with Crippen LogP contribution >= 0.6 is 11.3 Å². The van der Waals surface area contributed by atoms with E-state index >= 15 is 0 Å². The van der Waals surface area contributed by atoms with Crippen LogP contribution in [0.3, 0.4) is 0 Å². The third-order valence-corrected chi connectivity index (χ3v) is 5.09. The molecule has 0 aliphatic carbocycles. The molecule has 2 aromatic rings. The van der Waals surface area contributed by atoms with Crippen LogP contribution in [0, 0.1) is 5.82 Å². The number of aromatic nitrogens is 2. The second-order valence-electron chi connectivity index (χ2n) is 5.46. The quantitative estimate of drug-likeness (QED) is 0.870. The van der Waals surface area contributed by atoms with E-state index in [1.165, 1.54) is 17.4 Å². The van der Waals surface area contributed by atoms with E-state index in [1.807, 2.05) is 11.8 Å². The molecule has 1 amide bonds. The molecule has 0 bridgehead atoms. The molecule has 1 fully saturated rings. The second-order valence-corrected chi connectivity index (χ2v) is 6.47. The average molecular weight is 319 g/mol. The monoisotopic (exact) mass is 319 g/mol. The van der Waals surface area contributed by atoms with E-state index < -0.39 is 0 Å². The molecule has 0 spiro atoms. The van der Waals surface area contributed by atoms with Crippen molar-refractivity contribution in [3.05, 3.63) is 35.1 Å². The van der Waals surface area contributed by atoms with Crippen molar-refractivity contribution in [2.24, 2.45) is 0 Å². The maximum Gasteiger partial charge on any atom is 0.222 e. The first kappa shape index (κ1) is 15.1. The number of hydrogen-bond donors (Lipinski definition) is 0. The van der Waals surface area contributed by atoms with Crippen LogP contribution in [0.15, 0.2) is 24.3 Å². The fourth-order valence-corrected chi connectivity index (χ4v) is 3.77. The van der Waals surface area contributed by atoms with Gasteiger partial charge in [0.1, 0.15) is 10.8 Å². The Bertz CT molecular complexity index is 673. The van der Waals surface area contributed by atoms with E-state index in [4.69, 9.17) is 0 Å². The van der Waals surface area contributed by atoms with Crippen molar-refractivity contribution in [3.8, 4) is 10.6 Å². The Labute approximate surface area is 133 Å². The molecule has 6 heteroatoms. The first-order valence-electron chi connectivity index (χ1n) is 7.55. The highest BCUT2D eigenvalue weighted by atomic mass is 32.1. The molecule has 116 valence electrons. The third-order valence-electron chi connectivity index (χ3n) is 3.97. The summed E-state index contributed by atoms with van der Waals surface area (Å²) in [6.45, 7) is 3.40. The van der Waals surface area contributed by atoms with E-state index in [2.05, 4.69) is 10.2 Å². The highest BCUT2D eigenvalue weighted by Gasteiger charge is 2.26. The van der Waals surface area contributed by atoms with Crippen LogP contribution in [0.1, 0.15) is 37.1 Å². The number of nitrogens with zero attached hydrogens (tertiary/aromatic N) is 3. The van der Waals surface area contributed by atoms with Gasteiger partial charge in [0.25, 0.3) is 0 Å². The van der Waals surface area contributed by atoms with Gasteiger partial charge in [0.15, 0.2) is 5.01 Å². The Morgan fingerprint density at radius 1 is 1.41 bits per heavy atom. The molecule has 0 N–H and O–H groups in total. The Kier molecular flexibility index (Phi) is 4.47. The van der Waals surface area contributed by atoms with Gasteiger partial charge in [-0.05, 0) is 25.0 Å². The van der Waals surface area contributed by atoms with Gasteiger partial charge in [-0.15, -0.1) is 10.2 Å². The minimum atomic E-state index is -0.281. The molecule has 0 unspecified atom stereocenters. The SMILES string of the molecule is CCC(=O)N1CCC[C@@H](c2nnc(-c3ccccc3F)s2)C1. The Morgan fingerprint density at radius 3 is 3.00 bits per heavy atom. The summed E-state index contributed by atoms with van der Waals surface area (Å²) in [4.78, 5) is 13.8. The summed E-state index contributed by atoms with van der Waals surface area (Å²) >= 11 is 1.43. The largest absolute Gasteiger partial charge is 0.342 e. The molecule has 0 radical (unpaired) electrons. The lowest BCUT2D eigenvalue weighted by Crippen LogP contribution is -2.38. The molecule has 1 aliphatic heterocycles. The van der Waals surface area contributed by atoms with Crippen LogP contribution in [0.25, 0.3) is 10.6 Å². The molecular weight excluding hydrogens is 301 g/mol. The summed E-state index contributed by atoms with van der Waals surface area (Å²) in [5.74, 6) is 0.113. The number of halogens is 1. The summed E-state index contributed by atoms with van der Waals surface area (Å²) in [5, 5.41) is 9.88. The lowest BCUT2D eigenvalue weighted by molar-refractivity contribution is -0.132. The van der Waals surface area contributed by atoms with Gasteiger partial charge in [-0.25, -0.2) is 4.39 Å². The maximum absolute atomic E-state index is 13.8. The summed E-state index contributed by atoms with van der Waals surface area (Å²) in [7, 11) is 0. The highest BCUT2D eigenvalue weighted by molar-refractivity contribution is 7.14. The van der Waals surface area contributed by atoms with Gasteiger partial charge < -0.3 is 4.90 Å². The fraction of sp³-hybridized carbons (Fsp3) is 0.438. The van der Waals surface area contributed by atoms with Gasteiger partial charge in [0.2, 0.25) is 5.91 Å². The Morgan fingerprint density at radius 2 is 2.23 bits per heavy atom. The number of rotatable bonds is 3. The minimum absolute atomic E-state index is 0.184. The summed E-state index contributed by atoms with van der Waals surface area (Å²) in [5.41, 5.74) is 0.489. The van der Waals surface area contributed by atoms with Gasteiger partial charge in [-0.1, -0.05) is 30.4 Å². The minimum Gasteiger partial charge on any atom is -0.342 e. The standard InChI is InChI=1S/C16H18FN3OS/c1-2-14(21)20-9-5-6-11(10-20)15-18-19-16(22-15)12-7-3-4-8-13(12)17/h3-4,7-8,11H,2,5-6,9-10H2,1H3/t11-/m1/s1. The predicted molar refractivity (Wildman–Crippen MR) is 84.1 cm³/mol. The zero-order valence-corrected chi connectivity index (χ0v) is 13.3. The van der Waals surface area contributed by atoms with Crippen LogP contribution in [-0.2, 0) is 4.79 Å². The lowest BCUT2D eigenvalue weighted by Gasteiger charge is -2.31. The molecule has 2 heterocycles. The number of likely N-dealkylation sites (tertiary alicyclic amines) is 1. The van der Waals surface area contributed by atoms with Crippen LogP contribution < -0.4 is 0 Å². The van der Waals surface area contributed by atoms with E-state index in [1.54, 1.807) is 18.2 Å². The zero-order valence-electron chi connectivity index (χ0n) is 12.5. The molecule has 4 nitrogen and oxygen atoms in total. The fourth-order valence-electron chi connectivity index (χ4n) is 2.77. The Hall–Kier alpha value is -1.82. The number of piperidine rings is 1. The topological polar surface area (TPSA) is 46.1 Å². The number of carbonyl (C=O) groups excluding carboxylic acids is 1. The molecule has 3 rings (SSSR count). The van der Waals surface area contributed by atoms with Crippen molar-refractivity contribution in [3.63, 3.8) is 0 Å². The van der Waals surface area contributed by atoms with Gasteiger partial charge in [-0.3, -0.25) is 4.79 Å². The maximum atomic E-state index is 13.8. The van der Waals surface area contributed by atoms with Gasteiger partial charge in [0, 0.05) is 31.0 Å². The third kappa shape index (κ3) is 3.02. The van der Waals surface area contributed by atoms with Crippen molar-refractivity contribution < 1.29 is 9.18 Å².